The third-order valence-corrected chi connectivity index (χ3v) is 5.61. The molecule has 0 radical (unpaired) electrons. The molecule has 0 aliphatic heterocycles. The van der Waals surface area contributed by atoms with Crippen LogP contribution >= 0.6 is 27.5 Å². The molecule has 2 N–H and O–H groups in total. The van der Waals surface area contributed by atoms with Crippen LogP contribution in [0.2, 0.25) is 5.02 Å². The maximum atomic E-state index is 13.6. The van der Waals surface area contributed by atoms with E-state index in [4.69, 9.17) is 17.3 Å². The molecule has 1 aromatic heterocycles. The average molecular weight is 423 g/mol. The number of anilines is 1. The molecule has 1 heterocycles. The van der Waals surface area contributed by atoms with Gasteiger partial charge in [0, 0.05) is 35.3 Å². The number of carbonyl (C=O) groups excluding carboxylic acids is 1. The Labute approximate surface area is 156 Å². The molecular formula is C18H14BrClFN3O. The molecule has 3 aromatic rings. The standard InChI is InChI=1S/C18H14BrClFN3O/c1-24-17(8-2-3-8)11-7-13(22)14(15(19)16(11)23-24)18(25)10-6-9(21)4-5-12(10)20/h4-8H,2-3,22H2,1H3. The molecule has 0 atom stereocenters. The Bertz CT molecular complexity index is 1040. The summed E-state index contributed by atoms with van der Waals surface area (Å²) in [5, 5.41) is 5.67. The predicted octanol–water partition coefficient (Wildman–Crippen LogP) is 4.82. The summed E-state index contributed by atoms with van der Waals surface area (Å²) in [6, 6.07) is 5.47. The van der Waals surface area contributed by atoms with Gasteiger partial charge in [-0.05, 0) is 53.0 Å². The van der Waals surface area contributed by atoms with Crippen LogP contribution in [-0.4, -0.2) is 15.6 Å². The highest BCUT2D eigenvalue weighted by molar-refractivity contribution is 9.10. The quantitative estimate of drug-likeness (QED) is 0.486. The van der Waals surface area contributed by atoms with Crippen LogP contribution in [0.1, 0.15) is 40.4 Å². The van der Waals surface area contributed by atoms with Crippen LogP contribution in [0.25, 0.3) is 10.9 Å². The first-order chi connectivity index (χ1) is 11.9. The fourth-order valence-electron chi connectivity index (χ4n) is 3.21. The van der Waals surface area contributed by atoms with E-state index in [1.54, 1.807) is 6.07 Å². The van der Waals surface area contributed by atoms with Crippen molar-refractivity contribution in [2.24, 2.45) is 7.05 Å². The van der Waals surface area contributed by atoms with Crippen LogP contribution in [0.3, 0.4) is 0 Å². The normalized spacial score (nSPS) is 14.2. The number of hydrogen-bond acceptors (Lipinski definition) is 3. The van der Waals surface area contributed by atoms with E-state index in [1.165, 1.54) is 12.1 Å². The number of rotatable bonds is 3. The summed E-state index contributed by atoms with van der Waals surface area (Å²) in [7, 11) is 1.89. The van der Waals surface area contributed by atoms with Gasteiger partial charge in [-0.25, -0.2) is 4.39 Å². The number of halogens is 3. The molecule has 0 spiro atoms. The van der Waals surface area contributed by atoms with E-state index in [9.17, 15) is 9.18 Å². The Hall–Kier alpha value is -1.92. The zero-order chi connectivity index (χ0) is 17.9. The average Bonchev–Trinajstić information content (AvgIpc) is 3.33. The molecule has 0 unspecified atom stereocenters. The van der Waals surface area contributed by atoms with Gasteiger partial charge in [-0.15, -0.1) is 0 Å². The summed E-state index contributed by atoms with van der Waals surface area (Å²) < 4.78 is 15.9. The van der Waals surface area contributed by atoms with Gasteiger partial charge in [-0.1, -0.05) is 11.6 Å². The van der Waals surface area contributed by atoms with Crippen LogP contribution in [0.5, 0.6) is 0 Å². The molecule has 0 saturated heterocycles. The van der Waals surface area contributed by atoms with Crippen molar-refractivity contribution in [3.05, 3.63) is 56.4 Å². The van der Waals surface area contributed by atoms with Gasteiger partial charge in [-0.2, -0.15) is 5.10 Å². The molecule has 7 heteroatoms. The Balaban J connectivity index is 1.93. The van der Waals surface area contributed by atoms with Gasteiger partial charge in [0.15, 0.2) is 5.78 Å². The smallest absolute Gasteiger partial charge is 0.197 e. The lowest BCUT2D eigenvalue weighted by atomic mass is 9.99. The van der Waals surface area contributed by atoms with Gasteiger partial charge in [0.05, 0.1) is 15.1 Å². The Morgan fingerprint density at radius 1 is 1.40 bits per heavy atom. The van der Waals surface area contributed by atoms with E-state index in [-0.39, 0.29) is 16.1 Å². The molecule has 1 saturated carbocycles. The molecule has 1 aliphatic carbocycles. The zero-order valence-corrected chi connectivity index (χ0v) is 15.7. The fourth-order valence-corrected chi connectivity index (χ4v) is 4.11. The minimum Gasteiger partial charge on any atom is -0.398 e. The number of nitrogens with two attached hydrogens (primary N) is 1. The van der Waals surface area contributed by atoms with E-state index >= 15 is 0 Å². The minimum atomic E-state index is -0.530. The van der Waals surface area contributed by atoms with Crippen molar-refractivity contribution in [2.45, 2.75) is 18.8 Å². The summed E-state index contributed by atoms with van der Waals surface area (Å²) in [6.07, 6.45) is 2.26. The van der Waals surface area contributed by atoms with Crippen molar-refractivity contribution in [2.75, 3.05) is 5.73 Å². The highest BCUT2D eigenvalue weighted by atomic mass is 79.9. The number of benzene rings is 2. The Morgan fingerprint density at radius 2 is 2.12 bits per heavy atom. The summed E-state index contributed by atoms with van der Waals surface area (Å²) >= 11 is 9.56. The number of aromatic nitrogens is 2. The number of aryl methyl sites for hydroxylation is 1. The maximum Gasteiger partial charge on any atom is 0.197 e. The third-order valence-electron chi connectivity index (χ3n) is 4.51. The second kappa shape index (κ2) is 5.81. The molecule has 1 fully saturated rings. The van der Waals surface area contributed by atoms with Gasteiger partial charge in [0.2, 0.25) is 0 Å². The van der Waals surface area contributed by atoms with E-state index < -0.39 is 11.6 Å². The van der Waals surface area contributed by atoms with Crippen LogP contribution in [-0.2, 0) is 7.05 Å². The topological polar surface area (TPSA) is 60.9 Å². The highest BCUT2D eigenvalue weighted by Gasteiger charge is 2.31. The number of hydrogen-bond donors (Lipinski definition) is 1. The largest absolute Gasteiger partial charge is 0.398 e. The first kappa shape index (κ1) is 16.5. The summed E-state index contributed by atoms with van der Waals surface area (Å²) in [4.78, 5) is 12.9. The molecular weight excluding hydrogens is 409 g/mol. The summed E-state index contributed by atoms with van der Waals surface area (Å²) in [5.41, 5.74) is 8.64. The van der Waals surface area contributed by atoms with Gasteiger partial charge in [-0.3, -0.25) is 9.48 Å². The molecule has 1 aliphatic rings. The monoisotopic (exact) mass is 421 g/mol. The fraction of sp³-hybridized carbons (Fsp3) is 0.222. The molecule has 25 heavy (non-hydrogen) atoms. The predicted molar refractivity (Wildman–Crippen MR) is 99.6 cm³/mol. The molecule has 0 bridgehead atoms. The lowest BCUT2D eigenvalue weighted by Gasteiger charge is -2.10. The van der Waals surface area contributed by atoms with Crippen molar-refractivity contribution in [1.82, 2.24) is 9.78 Å². The lowest BCUT2D eigenvalue weighted by Crippen LogP contribution is -2.08. The number of nitrogen functional groups attached to an aromatic ring is 1. The van der Waals surface area contributed by atoms with Crippen molar-refractivity contribution >= 4 is 49.9 Å². The van der Waals surface area contributed by atoms with E-state index in [0.29, 0.717) is 21.6 Å². The molecule has 4 nitrogen and oxygen atoms in total. The second-order valence-corrected chi connectivity index (χ2v) is 7.49. The van der Waals surface area contributed by atoms with E-state index in [0.717, 1.165) is 30.0 Å². The Morgan fingerprint density at radius 3 is 2.80 bits per heavy atom. The highest BCUT2D eigenvalue weighted by Crippen LogP contribution is 2.45. The third kappa shape index (κ3) is 2.64. The second-order valence-electron chi connectivity index (χ2n) is 6.29. The molecule has 0 amide bonds. The van der Waals surface area contributed by atoms with Gasteiger partial charge in [0.1, 0.15) is 11.3 Å². The maximum absolute atomic E-state index is 13.6. The molecule has 2 aromatic carbocycles. The van der Waals surface area contributed by atoms with Crippen molar-refractivity contribution < 1.29 is 9.18 Å². The van der Waals surface area contributed by atoms with Crippen LogP contribution < -0.4 is 5.73 Å². The summed E-state index contributed by atoms with van der Waals surface area (Å²) in [6.45, 7) is 0. The van der Waals surface area contributed by atoms with E-state index in [2.05, 4.69) is 21.0 Å². The van der Waals surface area contributed by atoms with Crippen LogP contribution in [0.4, 0.5) is 10.1 Å². The van der Waals surface area contributed by atoms with Gasteiger partial charge < -0.3 is 5.73 Å². The van der Waals surface area contributed by atoms with Crippen molar-refractivity contribution in [3.63, 3.8) is 0 Å². The first-order valence-electron chi connectivity index (χ1n) is 7.82. The first-order valence-corrected chi connectivity index (χ1v) is 9.00. The zero-order valence-electron chi connectivity index (χ0n) is 13.3. The van der Waals surface area contributed by atoms with Crippen LogP contribution in [0.15, 0.2) is 28.7 Å². The number of ketones is 1. The SMILES string of the molecule is Cn1nc2c(Br)c(C(=O)c3cc(F)ccc3Cl)c(N)cc2c1C1CC1. The van der Waals surface area contributed by atoms with Gasteiger partial charge >= 0.3 is 0 Å². The number of nitrogens with zero attached hydrogens (tertiary/aromatic N) is 2. The molecule has 128 valence electrons. The lowest BCUT2D eigenvalue weighted by molar-refractivity contribution is 0.103. The Kier molecular flexibility index (Phi) is 3.85. The number of carbonyl (C=O) groups is 1. The summed E-state index contributed by atoms with van der Waals surface area (Å²) in [5.74, 6) is -0.479. The minimum absolute atomic E-state index is 0.0757. The van der Waals surface area contributed by atoms with E-state index in [1.807, 2.05) is 11.7 Å². The van der Waals surface area contributed by atoms with Crippen molar-refractivity contribution in [1.29, 1.82) is 0 Å². The number of fused-ring (bicyclic) bond motifs is 1. The van der Waals surface area contributed by atoms with Crippen LogP contribution in [0, 0.1) is 5.82 Å². The molecule has 4 rings (SSSR count). The van der Waals surface area contributed by atoms with Crippen molar-refractivity contribution in [3.8, 4) is 0 Å². The van der Waals surface area contributed by atoms with Gasteiger partial charge in [0.25, 0.3) is 0 Å².